The largest absolute Gasteiger partial charge is 0.357 e. The molecule has 1 aromatic heterocycles. The predicted octanol–water partition coefficient (Wildman–Crippen LogP) is 2.95. The average molecular weight is 302 g/mol. The third-order valence-corrected chi connectivity index (χ3v) is 3.59. The minimum absolute atomic E-state index is 0.238. The van der Waals surface area contributed by atoms with Gasteiger partial charge in [-0.1, -0.05) is 36.4 Å². The fourth-order valence-corrected chi connectivity index (χ4v) is 2.33. The Morgan fingerprint density at radius 3 is 2.70 bits per heavy atom. The van der Waals surface area contributed by atoms with Gasteiger partial charge in [-0.05, 0) is 35.3 Å². The lowest BCUT2D eigenvalue weighted by atomic mass is 10.2. The summed E-state index contributed by atoms with van der Waals surface area (Å²) in [5.41, 5.74) is 0.972. The van der Waals surface area contributed by atoms with Crippen LogP contribution in [0.15, 0.2) is 53.9 Å². The van der Waals surface area contributed by atoms with Crippen LogP contribution in [0.4, 0.5) is 0 Å². The number of thiocarbonyl (C=S) groups is 1. The van der Waals surface area contributed by atoms with Gasteiger partial charge in [0.25, 0.3) is 0 Å². The fourth-order valence-electron chi connectivity index (χ4n) is 1.51. The lowest BCUT2D eigenvalue weighted by Crippen LogP contribution is -2.37. The number of thiophene rings is 1. The molecule has 0 atom stereocenters. The molecule has 1 amide bonds. The molecule has 0 aliphatic carbocycles. The van der Waals surface area contributed by atoms with Crippen molar-refractivity contribution >= 4 is 40.7 Å². The summed E-state index contributed by atoms with van der Waals surface area (Å²) in [6.45, 7) is 0.624. The molecule has 0 saturated carbocycles. The van der Waals surface area contributed by atoms with Gasteiger partial charge in [0.05, 0.1) is 6.54 Å². The molecule has 3 nitrogen and oxygen atoms in total. The first-order chi connectivity index (χ1) is 9.74. The maximum atomic E-state index is 11.7. The van der Waals surface area contributed by atoms with Crippen LogP contribution in [0.3, 0.4) is 0 Å². The van der Waals surface area contributed by atoms with Crippen molar-refractivity contribution in [1.82, 2.24) is 10.6 Å². The molecule has 0 bridgehead atoms. The third-order valence-electron chi connectivity index (χ3n) is 2.47. The van der Waals surface area contributed by atoms with Gasteiger partial charge in [0.15, 0.2) is 5.11 Å². The Balaban J connectivity index is 1.76. The maximum absolute atomic E-state index is 11.7. The zero-order chi connectivity index (χ0) is 14.2. The third kappa shape index (κ3) is 4.95. The molecule has 0 saturated heterocycles. The Morgan fingerprint density at radius 2 is 2.00 bits per heavy atom. The summed E-state index contributed by atoms with van der Waals surface area (Å²) in [7, 11) is 0. The van der Waals surface area contributed by atoms with Crippen LogP contribution in [-0.4, -0.2) is 11.0 Å². The van der Waals surface area contributed by atoms with Gasteiger partial charge in [0.2, 0.25) is 5.91 Å². The summed E-state index contributed by atoms with van der Waals surface area (Å²) in [6.07, 6.45) is 3.21. The van der Waals surface area contributed by atoms with E-state index in [1.54, 1.807) is 17.4 Å². The first-order valence-corrected chi connectivity index (χ1v) is 7.37. The first-order valence-electron chi connectivity index (χ1n) is 6.08. The van der Waals surface area contributed by atoms with E-state index >= 15 is 0 Å². The Labute approximate surface area is 127 Å². The van der Waals surface area contributed by atoms with Crippen molar-refractivity contribution < 1.29 is 4.79 Å². The smallest absolute Gasteiger partial charge is 0.250 e. The highest BCUT2D eigenvalue weighted by atomic mass is 32.1. The van der Waals surface area contributed by atoms with E-state index < -0.39 is 0 Å². The summed E-state index contributed by atoms with van der Waals surface area (Å²) >= 11 is 6.70. The van der Waals surface area contributed by atoms with Gasteiger partial charge in [-0.2, -0.15) is 0 Å². The van der Waals surface area contributed by atoms with E-state index in [1.807, 2.05) is 47.8 Å². The van der Waals surface area contributed by atoms with E-state index in [2.05, 4.69) is 10.6 Å². The molecule has 2 aromatic rings. The summed E-state index contributed by atoms with van der Waals surface area (Å²) < 4.78 is 0. The quantitative estimate of drug-likeness (QED) is 0.674. The summed E-state index contributed by atoms with van der Waals surface area (Å²) in [4.78, 5) is 12.8. The molecule has 0 fully saturated rings. The van der Waals surface area contributed by atoms with Crippen molar-refractivity contribution in [2.75, 3.05) is 0 Å². The molecule has 1 heterocycles. The van der Waals surface area contributed by atoms with Crippen molar-refractivity contribution in [1.29, 1.82) is 0 Å². The van der Waals surface area contributed by atoms with E-state index in [-0.39, 0.29) is 5.91 Å². The Bertz CT molecular complexity index is 592. The van der Waals surface area contributed by atoms with Crippen LogP contribution in [0.2, 0.25) is 0 Å². The minimum atomic E-state index is -0.238. The average Bonchev–Trinajstić information content (AvgIpc) is 2.97. The van der Waals surface area contributed by atoms with Gasteiger partial charge < -0.3 is 5.32 Å². The highest BCUT2D eigenvalue weighted by Gasteiger charge is 2.01. The Hall–Kier alpha value is -1.98. The van der Waals surface area contributed by atoms with Crippen LogP contribution >= 0.6 is 23.6 Å². The number of nitrogens with one attached hydrogen (secondary N) is 2. The lowest BCUT2D eigenvalue weighted by molar-refractivity contribution is -0.115. The second-order valence-electron chi connectivity index (χ2n) is 4.00. The Kier molecular flexibility index (Phi) is 5.46. The van der Waals surface area contributed by atoms with Gasteiger partial charge in [-0.15, -0.1) is 11.3 Å². The van der Waals surface area contributed by atoms with Crippen LogP contribution in [0.25, 0.3) is 6.08 Å². The molecule has 0 aliphatic rings. The zero-order valence-electron chi connectivity index (χ0n) is 10.7. The number of rotatable bonds is 4. The van der Waals surface area contributed by atoms with E-state index in [9.17, 15) is 4.79 Å². The normalized spacial score (nSPS) is 10.4. The molecule has 5 heteroatoms. The number of carbonyl (C=O) groups is 1. The van der Waals surface area contributed by atoms with Crippen molar-refractivity contribution in [2.24, 2.45) is 0 Å². The van der Waals surface area contributed by atoms with Crippen LogP contribution in [0, 0.1) is 0 Å². The zero-order valence-corrected chi connectivity index (χ0v) is 12.3. The molecule has 20 heavy (non-hydrogen) atoms. The van der Waals surface area contributed by atoms with Crippen molar-refractivity contribution in [3.05, 3.63) is 64.4 Å². The topological polar surface area (TPSA) is 41.1 Å². The SMILES string of the molecule is O=C(/C=C/c1ccccc1)NC(=S)NCc1cccs1. The predicted molar refractivity (Wildman–Crippen MR) is 87.4 cm³/mol. The van der Waals surface area contributed by atoms with Gasteiger partial charge in [0, 0.05) is 11.0 Å². The fraction of sp³-hybridized carbons (Fsp3) is 0.0667. The van der Waals surface area contributed by atoms with Crippen LogP contribution < -0.4 is 10.6 Å². The lowest BCUT2D eigenvalue weighted by Gasteiger charge is -2.06. The van der Waals surface area contributed by atoms with E-state index in [1.165, 1.54) is 11.0 Å². The molecule has 1 aromatic carbocycles. The number of amides is 1. The van der Waals surface area contributed by atoms with Crippen molar-refractivity contribution in [2.45, 2.75) is 6.54 Å². The van der Waals surface area contributed by atoms with Crippen LogP contribution in [-0.2, 0) is 11.3 Å². The van der Waals surface area contributed by atoms with Crippen LogP contribution in [0.1, 0.15) is 10.4 Å². The van der Waals surface area contributed by atoms with Crippen LogP contribution in [0.5, 0.6) is 0 Å². The monoisotopic (exact) mass is 302 g/mol. The highest BCUT2D eigenvalue weighted by Crippen LogP contribution is 2.07. The second-order valence-corrected chi connectivity index (χ2v) is 5.44. The molecule has 0 spiro atoms. The maximum Gasteiger partial charge on any atom is 0.250 e. The summed E-state index contributed by atoms with van der Waals surface area (Å²) in [5.74, 6) is -0.238. The van der Waals surface area contributed by atoms with E-state index in [4.69, 9.17) is 12.2 Å². The number of hydrogen-bond acceptors (Lipinski definition) is 3. The number of hydrogen-bond donors (Lipinski definition) is 2. The molecule has 0 aliphatic heterocycles. The molecule has 2 rings (SSSR count). The van der Waals surface area contributed by atoms with Crippen molar-refractivity contribution in [3.63, 3.8) is 0 Å². The standard InChI is InChI=1S/C15H14N2OS2/c18-14(9-8-12-5-2-1-3-6-12)17-15(19)16-11-13-7-4-10-20-13/h1-10H,11H2,(H2,16,17,18,19)/b9-8+. The van der Waals surface area contributed by atoms with Gasteiger partial charge in [0.1, 0.15) is 0 Å². The molecular weight excluding hydrogens is 288 g/mol. The van der Waals surface area contributed by atoms with E-state index in [0.717, 1.165) is 5.56 Å². The number of carbonyl (C=O) groups excluding carboxylic acids is 1. The van der Waals surface area contributed by atoms with Crippen molar-refractivity contribution in [3.8, 4) is 0 Å². The molecule has 0 radical (unpaired) electrons. The summed E-state index contributed by atoms with van der Waals surface area (Å²) in [6, 6.07) is 13.6. The summed E-state index contributed by atoms with van der Waals surface area (Å²) in [5, 5.41) is 7.94. The van der Waals surface area contributed by atoms with E-state index in [0.29, 0.717) is 11.7 Å². The highest BCUT2D eigenvalue weighted by molar-refractivity contribution is 7.80. The first kappa shape index (κ1) is 14.4. The van der Waals surface area contributed by atoms with Gasteiger partial charge >= 0.3 is 0 Å². The Morgan fingerprint density at radius 1 is 1.20 bits per heavy atom. The minimum Gasteiger partial charge on any atom is -0.357 e. The molecular formula is C15H14N2OS2. The molecule has 102 valence electrons. The number of benzene rings is 1. The van der Waals surface area contributed by atoms with Gasteiger partial charge in [-0.3, -0.25) is 10.1 Å². The van der Waals surface area contributed by atoms with Gasteiger partial charge in [-0.25, -0.2) is 0 Å². The molecule has 0 unspecified atom stereocenters. The molecule has 2 N–H and O–H groups in total. The second kappa shape index (κ2) is 7.57.